The van der Waals surface area contributed by atoms with Crippen molar-refractivity contribution in [1.82, 2.24) is 0 Å². The molecule has 0 radical (unpaired) electrons. The van der Waals surface area contributed by atoms with E-state index < -0.39 is 0 Å². The van der Waals surface area contributed by atoms with Crippen LogP contribution in [0.25, 0.3) is 0 Å². The van der Waals surface area contributed by atoms with Crippen molar-refractivity contribution < 1.29 is 4.79 Å². The highest BCUT2D eigenvalue weighted by molar-refractivity contribution is 8.00. The number of nitrogen functional groups attached to an aromatic ring is 1. The molecule has 0 aliphatic heterocycles. The van der Waals surface area contributed by atoms with Crippen LogP contribution in [0.1, 0.15) is 6.92 Å². The van der Waals surface area contributed by atoms with Crippen molar-refractivity contribution in [2.24, 2.45) is 0 Å². The Hall–Kier alpha value is -1.94. The summed E-state index contributed by atoms with van der Waals surface area (Å²) in [7, 11) is 0. The van der Waals surface area contributed by atoms with Crippen molar-refractivity contribution in [3.63, 3.8) is 0 Å². The van der Waals surface area contributed by atoms with E-state index in [-0.39, 0.29) is 11.2 Å². The molecule has 2 aromatic carbocycles. The molecule has 0 saturated carbocycles. The minimum Gasteiger partial charge on any atom is -0.399 e. The minimum atomic E-state index is -0.163. The van der Waals surface area contributed by atoms with Gasteiger partial charge in [0.15, 0.2) is 0 Å². The lowest BCUT2D eigenvalue weighted by molar-refractivity contribution is -0.115. The molecular weight excluding hydrogens is 256 g/mol. The first kappa shape index (κ1) is 13.5. The summed E-state index contributed by atoms with van der Waals surface area (Å²) < 4.78 is 0. The number of hydrogen-bond donors (Lipinski definition) is 2. The second kappa shape index (κ2) is 6.29. The largest absolute Gasteiger partial charge is 0.399 e. The predicted octanol–water partition coefficient (Wildman–Crippen LogP) is 3.39. The number of amides is 1. The van der Waals surface area contributed by atoms with Gasteiger partial charge in [0, 0.05) is 16.3 Å². The van der Waals surface area contributed by atoms with Crippen LogP contribution >= 0.6 is 11.8 Å². The number of rotatable bonds is 4. The van der Waals surface area contributed by atoms with Crippen LogP contribution in [-0.4, -0.2) is 11.2 Å². The molecule has 0 saturated heterocycles. The van der Waals surface area contributed by atoms with E-state index in [1.54, 1.807) is 0 Å². The van der Waals surface area contributed by atoms with Gasteiger partial charge in [-0.05, 0) is 43.3 Å². The molecule has 2 aromatic rings. The summed E-state index contributed by atoms with van der Waals surface area (Å²) in [5, 5.41) is 2.73. The van der Waals surface area contributed by atoms with Gasteiger partial charge in [-0.15, -0.1) is 11.8 Å². The predicted molar refractivity (Wildman–Crippen MR) is 81.2 cm³/mol. The van der Waals surface area contributed by atoms with Gasteiger partial charge in [0.05, 0.1) is 5.25 Å². The van der Waals surface area contributed by atoms with Crippen LogP contribution in [0.2, 0.25) is 0 Å². The lowest BCUT2D eigenvalue weighted by Gasteiger charge is -2.12. The first-order chi connectivity index (χ1) is 9.15. The minimum absolute atomic E-state index is 0.00646. The molecule has 98 valence electrons. The molecule has 0 spiro atoms. The summed E-state index contributed by atoms with van der Waals surface area (Å²) in [6, 6.07) is 17.0. The van der Waals surface area contributed by atoms with Crippen LogP contribution in [-0.2, 0) is 4.79 Å². The zero-order valence-corrected chi connectivity index (χ0v) is 11.5. The topological polar surface area (TPSA) is 55.1 Å². The van der Waals surface area contributed by atoms with Crippen molar-refractivity contribution >= 4 is 29.0 Å². The Morgan fingerprint density at radius 1 is 1.11 bits per heavy atom. The SMILES string of the molecule is CC(Sc1ccc(N)cc1)C(=O)Nc1ccccc1. The number of thioether (sulfide) groups is 1. The highest BCUT2D eigenvalue weighted by atomic mass is 32.2. The number of carbonyl (C=O) groups excluding carboxylic acids is 1. The monoisotopic (exact) mass is 272 g/mol. The van der Waals surface area contributed by atoms with Crippen LogP contribution in [0.5, 0.6) is 0 Å². The molecule has 0 aromatic heterocycles. The van der Waals surface area contributed by atoms with E-state index in [9.17, 15) is 4.79 Å². The molecular formula is C15H16N2OS. The molecule has 0 bridgehead atoms. The Labute approximate surface area is 117 Å². The van der Waals surface area contributed by atoms with Gasteiger partial charge in [0.25, 0.3) is 0 Å². The number of benzene rings is 2. The Balaban J connectivity index is 1.94. The van der Waals surface area contributed by atoms with Gasteiger partial charge in [0.2, 0.25) is 5.91 Å². The maximum Gasteiger partial charge on any atom is 0.237 e. The Morgan fingerprint density at radius 2 is 1.74 bits per heavy atom. The molecule has 1 atom stereocenters. The van der Waals surface area contributed by atoms with Crippen LogP contribution in [0.4, 0.5) is 11.4 Å². The van der Waals surface area contributed by atoms with Crippen LogP contribution in [0.15, 0.2) is 59.5 Å². The molecule has 2 rings (SSSR count). The Bertz CT molecular complexity index is 540. The van der Waals surface area contributed by atoms with E-state index in [0.29, 0.717) is 0 Å². The third-order valence-corrected chi connectivity index (χ3v) is 3.72. The maximum absolute atomic E-state index is 12.0. The fraction of sp³-hybridized carbons (Fsp3) is 0.133. The third-order valence-electron chi connectivity index (χ3n) is 2.60. The van der Waals surface area contributed by atoms with E-state index in [1.807, 2.05) is 61.5 Å². The van der Waals surface area contributed by atoms with E-state index in [4.69, 9.17) is 5.73 Å². The number of anilines is 2. The molecule has 1 amide bonds. The van der Waals surface area contributed by atoms with Crippen molar-refractivity contribution in [3.05, 3.63) is 54.6 Å². The molecule has 19 heavy (non-hydrogen) atoms. The normalized spacial score (nSPS) is 11.8. The van der Waals surface area contributed by atoms with Crippen molar-refractivity contribution in [2.75, 3.05) is 11.1 Å². The van der Waals surface area contributed by atoms with Crippen LogP contribution < -0.4 is 11.1 Å². The highest BCUT2D eigenvalue weighted by Gasteiger charge is 2.14. The second-order valence-corrected chi connectivity index (χ2v) is 5.60. The average Bonchev–Trinajstić information content (AvgIpc) is 2.42. The number of carbonyl (C=O) groups is 1. The summed E-state index contributed by atoms with van der Waals surface area (Å²) in [5.74, 6) is -0.00646. The van der Waals surface area contributed by atoms with Gasteiger partial charge in [-0.2, -0.15) is 0 Å². The van der Waals surface area contributed by atoms with Crippen LogP contribution in [0.3, 0.4) is 0 Å². The Morgan fingerprint density at radius 3 is 2.37 bits per heavy atom. The van der Waals surface area contributed by atoms with Gasteiger partial charge in [0.1, 0.15) is 0 Å². The lowest BCUT2D eigenvalue weighted by atomic mass is 10.3. The smallest absolute Gasteiger partial charge is 0.237 e. The van der Waals surface area contributed by atoms with Gasteiger partial charge < -0.3 is 11.1 Å². The second-order valence-electron chi connectivity index (χ2n) is 4.18. The molecule has 0 aliphatic rings. The standard InChI is InChI=1S/C15H16N2OS/c1-11(19-14-9-7-12(16)8-10-14)15(18)17-13-5-3-2-4-6-13/h2-11H,16H2,1H3,(H,17,18). The van der Waals surface area contributed by atoms with Gasteiger partial charge in [-0.1, -0.05) is 18.2 Å². The first-order valence-corrected chi connectivity index (χ1v) is 6.91. The van der Waals surface area contributed by atoms with E-state index >= 15 is 0 Å². The number of para-hydroxylation sites is 1. The van der Waals surface area contributed by atoms with Gasteiger partial charge in [-0.25, -0.2) is 0 Å². The maximum atomic E-state index is 12.0. The molecule has 4 heteroatoms. The molecule has 0 fully saturated rings. The summed E-state index contributed by atoms with van der Waals surface area (Å²) in [6.07, 6.45) is 0. The lowest BCUT2D eigenvalue weighted by Crippen LogP contribution is -2.22. The van der Waals surface area contributed by atoms with Crippen molar-refractivity contribution in [3.8, 4) is 0 Å². The molecule has 0 heterocycles. The summed E-state index contributed by atoms with van der Waals surface area (Å²) >= 11 is 1.51. The summed E-state index contributed by atoms with van der Waals surface area (Å²) in [4.78, 5) is 13.1. The van der Waals surface area contributed by atoms with Crippen molar-refractivity contribution in [1.29, 1.82) is 0 Å². The quantitative estimate of drug-likeness (QED) is 0.662. The number of nitrogens with one attached hydrogen (secondary N) is 1. The Kier molecular flexibility index (Phi) is 4.47. The molecule has 1 unspecified atom stereocenters. The summed E-state index contributed by atoms with van der Waals surface area (Å²) in [6.45, 7) is 1.89. The fourth-order valence-electron chi connectivity index (χ4n) is 1.57. The zero-order valence-electron chi connectivity index (χ0n) is 10.7. The molecule has 3 N–H and O–H groups in total. The van der Waals surface area contributed by atoms with Crippen molar-refractivity contribution in [2.45, 2.75) is 17.1 Å². The average molecular weight is 272 g/mol. The van der Waals surface area contributed by atoms with Crippen LogP contribution in [0, 0.1) is 0 Å². The van der Waals surface area contributed by atoms with Gasteiger partial charge in [-0.3, -0.25) is 4.79 Å². The zero-order chi connectivity index (χ0) is 13.7. The van der Waals surface area contributed by atoms with Gasteiger partial charge >= 0.3 is 0 Å². The third kappa shape index (κ3) is 4.03. The number of nitrogens with two attached hydrogens (primary N) is 1. The van der Waals surface area contributed by atoms with E-state index in [2.05, 4.69) is 5.32 Å². The number of hydrogen-bond acceptors (Lipinski definition) is 3. The highest BCUT2D eigenvalue weighted by Crippen LogP contribution is 2.24. The summed E-state index contributed by atoms with van der Waals surface area (Å²) in [5.41, 5.74) is 7.18. The fourth-order valence-corrected chi connectivity index (χ4v) is 2.44. The van der Waals surface area contributed by atoms with E-state index in [1.165, 1.54) is 11.8 Å². The first-order valence-electron chi connectivity index (χ1n) is 6.03. The molecule has 0 aliphatic carbocycles. The molecule has 3 nitrogen and oxygen atoms in total. The van der Waals surface area contributed by atoms with E-state index in [0.717, 1.165) is 16.3 Å².